The maximum absolute atomic E-state index is 13.4. The number of ether oxygens (including phenoxy) is 3. The first-order valence-corrected chi connectivity index (χ1v) is 8.89. The van der Waals surface area contributed by atoms with E-state index in [4.69, 9.17) is 14.2 Å². The Morgan fingerprint density at radius 3 is 2.18 bits per heavy atom. The molecule has 2 saturated heterocycles. The molecule has 142 valence electrons. The van der Waals surface area contributed by atoms with Gasteiger partial charge in [0.25, 0.3) is 0 Å². The molecule has 2 aromatic rings. The summed E-state index contributed by atoms with van der Waals surface area (Å²) in [6, 6.07) is 15.6. The van der Waals surface area contributed by atoms with E-state index in [1.165, 1.54) is 14.2 Å². The van der Waals surface area contributed by atoms with Crippen molar-refractivity contribution < 1.29 is 28.6 Å². The van der Waals surface area contributed by atoms with Crippen LogP contribution in [-0.4, -0.2) is 32.0 Å². The maximum Gasteiger partial charge on any atom is 0.343 e. The van der Waals surface area contributed by atoms with Crippen molar-refractivity contribution in [2.75, 3.05) is 19.1 Å². The van der Waals surface area contributed by atoms with Gasteiger partial charge in [-0.05, 0) is 12.1 Å². The highest BCUT2D eigenvalue weighted by Gasteiger charge is 2.81. The lowest BCUT2D eigenvalue weighted by Gasteiger charge is -2.31. The fraction of sp³-hybridized carbons (Fsp3) is 0.286. The molecule has 5 rings (SSSR count). The van der Waals surface area contributed by atoms with E-state index >= 15 is 0 Å². The molecule has 7 nitrogen and oxygen atoms in total. The molecular weight excluding hydrogens is 362 g/mol. The fourth-order valence-corrected chi connectivity index (χ4v) is 4.92. The number of para-hydroxylation sites is 1. The molecule has 0 N–H and O–H groups in total. The normalized spacial score (nSPS) is 32.4. The van der Waals surface area contributed by atoms with E-state index in [0.717, 1.165) is 4.90 Å². The molecule has 0 radical (unpaired) electrons. The number of carbonyl (C=O) groups is 3. The number of anilines is 1. The van der Waals surface area contributed by atoms with Crippen molar-refractivity contribution in [2.24, 2.45) is 11.8 Å². The fourth-order valence-electron chi connectivity index (χ4n) is 4.92. The highest BCUT2D eigenvalue weighted by molar-refractivity contribution is 6.24. The average molecular weight is 379 g/mol. The van der Waals surface area contributed by atoms with Gasteiger partial charge >= 0.3 is 5.97 Å². The number of hydrogen-bond donors (Lipinski definition) is 0. The van der Waals surface area contributed by atoms with Crippen molar-refractivity contribution in [1.82, 2.24) is 0 Å². The maximum atomic E-state index is 13.4. The van der Waals surface area contributed by atoms with E-state index in [9.17, 15) is 14.4 Å². The average Bonchev–Trinajstić information content (AvgIpc) is 3.32. The van der Waals surface area contributed by atoms with E-state index in [1.807, 2.05) is 0 Å². The summed E-state index contributed by atoms with van der Waals surface area (Å²) in [6.07, 6.45) is 0. The van der Waals surface area contributed by atoms with Crippen LogP contribution in [0.5, 0.6) is 0 Å². The minimum atomic E-state index is -1.72. The molecule has 0 spiro atoms. The Kier molecular flexibility index (Phi) is 3.36. The largest absolute Gasteiger partial charge is 0.467 e. The van der Waals surface area contributed by atoms with Crippen LogP contribution in [0, 0.1) is 11.8 Å². The summed E-state index contributed by atoms with van der Waals surface area (Å²) in [7, 11) is 2.65. The number of benzene rings is 2. The molecule has 0 aliphatic carbocycles. The first kappa shape index (κ1) is 17.1. The third kappa shape index (κ3) is 1.69. The lowest BCUT2D eigenvalue weighted by Crippen LogP contribution is -2.46. The number of methoxy groups -OCH3 is 2. The molecule has 0 saturated carbocycles. The summed E-state index contributed by atoms with van der Waals surface area (Å²) in [5.74, 6) is -5.25. The summed E-state index contributed by atoms with van der Waals surface area (Å²) >= 11 is 0. The second-order valence-corrected chi connectivity index (χ2v) is 7.05. The van der Waals surface area contributed by atoms with Crippen LogP contribution in [0.4, 0.5) is 5.69 Å². The van der Waals surface area contributed by atoms with Gasteiger partial charge in [-0.15, -0.1) is 0 Å². The monoisotopic (exact) mass is 379 g/mol. The molecule has 3 aliphatic heterocycles. The van der Waals surface area contributed by atoms with Gasteiger partial charge < -0.3 is 14.2 Å². The quantitative estimate of drug-likeness (QED) is 0.596. The van der Waals surface area contributed by atoms with Crippen molar-refractivity contribution >= 4 is 23.5 Å². The van der Waals surface area contributed by atoms with Gasteiger partial charge in [-0.1, -0.05) is 42.5 Å². The second-order valence-electron chi connectivity index (χ2n) is 7.05. The zero-order valence-corrected chi connectivity index (χ0v) is 15.2. The lowest BCUT2D eigenvalue weighted by atomic mass is 9.68. The Hall–Kier alpha value is -3.03. The van der Waals surface area contributed by atoms with Gasteiger partial charge in [0, 0.05) is 18.2 Å². The Bertz CT molecular complexity index is 1020. The Balaban J connectivity index is 1.77. The third-order valence-corrected chi connectivity index (χ3v) is 5.98. The Labute approximate surface area is 160 Å². The first-order chi connectivity index (χ1) is 13.5. The molecule has 3 aliphatic rings. The number of rotatable bonds is 3. The number of amides is 2. The van der Waals surface area contributed by atoms with Crippen molar-refractivity contribution in [2.45, 2.75) is 11.4 Å². The Morgan fingerprint density at radius 1 is 0.929 bits per heavy atom. The molecular formula is C21H17NO6. The lowest BCUT2D eigenvalue weighted by molar-refractivity contribution is -0.249. The minimum Gasteiger partial charge on any atom is -0.467 e. The van der Waals surface area contributed by atoms with Crippen LogP contribution in [0.1, 0.15) is 11.1 Å². The van der Waals surface area contributed by atoms with E-state index < -0.39 is 41.0 Å². The molecule has 2 fully saturated rings. The van der Waals surface area contributed by atoms with Crippen LogP contribution in [0.3, 0.4) is 0 Å². The highest BCUT2D eigenvalue weighted by Crippen LogP contribution is 2.67. The van der Waals surface area contributed by atoms with E-state index in [1.54, 1.807) is 54.6 Å². The van der Waals surface area contributed by atoms with Crippen LogP contribution in [0.15, 0.2) is 54.6 Å². The van der Waals surface area contributed by atoms with Crippen molar-refractivity contribution in [3.05, 3.63) is 65.7 Å². The third-order valence-electron chi connectivity index (χ3n) is 5.98. The number of imide groups is 1. The molecule has 2 bridgehead atoms. The molecule has 2 amide bonds. The van der Waals surface area contributed by atoms with Crippen LogP contribution in [0.2, 0.25) is 0 Å². The van der Waals surface area contributed by atoms with Crippen LogP contribution < -0.4 is 4.90 Å². The standard InChI is InChI=1S/C21H17NO6/c1-26-19(25)20-13-10-6-7-11-14(13)21(27-2,28-20)16-15(20)17(23)22(18(16)24)12-8-4-3-5-9-12/h3-11,15-16H,1-2H3/t15?,16?,20-,21+/m0/s1. The number of carbonyl (C=O) groups excluding carboxylic acids is 3. The first-order valence-electron chi connectivity index (χ1n) is 8.89. The van der Waals surface area contributed by atoms with Gasteiger partial charge in [-0.25, -0.2) is 9.69 Å². The number of esters is 1. The molecule has 3 heterocycles. The molecule has 28 heavy (non-hydrogen) atoms. The molecule has 2 unspecified atom stereocenters. The SMILES string of the molecule is COC(=O)[C@]12O[C@](OC)(c3ccccc31)C1C(=O)N(c3ccccc3)C(=O)C12. The smallest absolute Gasteiger partial charge is 0.343 e. The highest BCUT2D eigenvalue weighted by atomic mass is 16.7. The minimum absolute atomic E-state index is 0.446. The number of hydrogen-bond acceptors (Lipinski definition) is 6. The van der Waals surface area contributed by atoms with Gasteiger partial charge in [-0.2, -0.15) is 0 Å². The van der Waals surface area contributed by atoms with Gasteiger partial charge in [0.05, 0.1) is 12.8 Å². The molecule has 7 heteroatoms. The van der Waals surface area contributed by atoms with Gasteiger partial charge in [0.1, 0.15) is 11.8 Å². The second kappa shape index (κ2) is 5.50. The summed E-state index contributed by atoms with van der Waals surface area (Å²) in [6.45, 7) is 0. The van der Waals surface area contributed by atoms with Crippen molar-refractivity contribution in [3.63, 3.8) is 0 Å². The van der Waals surface area contributed by atoms with Crippen molar-refractivity contribution in [1.29, 1.82) is 0 Å². The van der Waals surface area contributed by atoms with Gasteiger partial charge in [0.15, 0.2) is 0 Å². The van der Waals surface area contributed by atoms with E-state index in [0.29, 0.717) is 16.8 Å². The number of nitrogens with zero attached hydrogens (tertiary/aromatic N) is 1. The van der Waals surface area contributed by atoms with Crippen LogP contribution in [-0.2, 0) is 40.0 Å². The topological polar surface area (TPSA) is 82.1 Å². The van der Waals surface area contributed by atoms with Gasteiger partial charge in [0.2, 0.25) is 23.2 Å². The predicted octanol–water partition coefficient (Wildman–Crippen LogP) is 1.70. The summed E-state index contributed by atoms with van der Waals surface area (Å²) in [5, 5.41) is 0. The predicted molar refractivity (Wildman–Crippen MR) is 95.8 cm³/mol. The summed E-state index contributed by atoms with van der Waals surface area (Å²) < 4.78 is 16.9. The van der Waals surface area contributed by atoms with Crippen LogP contribution in [0.25, 0.3) is 0 Å². The van der Waals surface area contributed by atoms with E-state index in [-0.39, 0.29) is 0 Å². The Morgan fingerprint density at radius 2 is 1.54 bits per heavy atom. The molecule has 2 aromatic carbocycles. The zero-order chi connectivity index (χ0) is 19.7. The molecule has 4 atom stereocenters. The summed E-state index contributed by atoms with van der Waals surface area (Å²) in [5.41, 5.74) is -0.203. The summed E-state index contributed by atoms with van der Waals surface area (Å²) in [4.78, 5) is 40.9. The number of fused-ring (bicyclic) bond motifs is 8. The van der Waals surface area contributed by atoms with E-state index in [2.05, 4.69) is 0 Å². The van der Waals surface area contributed by atoms with Crippen molar-refractivity contribution in [3.8, 4) is 0 Å². The zero-order valence-electron chi connectivity index (χ0n) is 15.2. The molecule has 0 aromatic heterocycles. The van der Waals surface area contributed by atoms with Crippen LogP contribution >= 0.6 is 0 Å². The van der Waals surface area contributed by atoms with Gasteiger partial charge in [-0.3, -0.25) is 9.59 Å².